The standard InChI is InChI=1S/C15H16N2O3/c1-8(2)9-3-5-10(6-4-9)13-12-11(7-20-14(12)18)16-15(19)17-13/h3-6,8,13H,7H2,1-2H3,(H2,16,17,19)/t13-/m0/s1. The Morgan fingerprint density at radius 1 is 1.20 bits per heavy atom. The van der Waals surface area contributed by atoms with E-state index >= 15 is 0 Å². The van der Waals surface area contributed by atoms with Gasteiger partial charge in [-0.2, -0.15) is 0 Å². The molecule has 2 N–H and O–H groups in total. The number of rotatable bonds is 2. The van der Waals surface area contributed by atoms with Gasteiger partial charge in [-0.15, -0.1) is 0 Å². The molecule has 104 valence electrons. The van der Waals surface area contributed by atoms with Gasteiger partial charge in [0.2, 0.25) is 0 Å². The van der Waals surface area contributed by atoms with Crippen molar-refractivity contribution >= 4 is 12.0 Å². The maximum Gasteiger partial charge on any atom is 0.338 e. The van der Waals surface area contributed by atoms with Crippen LogP contribution in [0.15, 0.2) is 35.5 Å². The van der Waals surface area contributed by atoms with E-state index < -0.39 is 6.04 Å². The Bertz CT molecular complexity index is 602. The monoisotopic (exact) mass is 272 g/mol. The first-order chi connectivity index (χ1) is 9.56. The van der Waals surface area contributed by atoms with Crippen molar-refractivity contribution in [3.8, 4) is 0 Å². The zero-order valence-electron chi connectivity index (χ0n) is 11.4. The molecule has 5 nitrogen and oxygen atoms in total. The summed E-state index contributed by atoms with van der Waals surface area (Å²) in [5, 5.41) is 5.40. The zero-order chi connectivity index (χ0) is 14.3. The van der Waals surface area contributed by atoms with Crippen LogP contribution in [0.1, 0.15) is 36.9 Å². The molecule has 0 unspecified atom stereocenters. The maximum absolute atomic E-state index is 11.8. The first-order valence-corrected chi connectivity index (χ1v) is 6.64. The lowest BCUT2D eigenvalue weighted by molar-refractivity contribution is -0.136. The fourth-order valence-electron chi connectivity index (χ4n) is 2.51. The van der Waals surface area contributed by atoms with Crippen molar-refractivity contribution in [1.82, 2.24) is 10.6 Å². The van der Waals surface area contributed by atoms with Crippen molar-refractivity contribution in [3.05, 3.63) is 46.7 Å². The largest absolute Gasteiger partial charge is 0.456 e. The summed E-state index contributed by atoms with van der Waals surface area (Å²) in [5.74, 6) is 0.0725. The summed E-state index contributed by atoms with van der Waals surface area (Å²) in [6, 6.07) is 7.20. The summed E-state index contributed by atoms with van der Waals surface area (Å²) in [7, 11) is 0. The fourth-order valence-corrected chi connectivity index (χ4v) is 2.51. The third-order valence-corrected chi connectivity index (χ3v) is 3.66. The molecule has 1 aromatic carbocycles. The van der Waals surface area contributed by atoms with Crippen molar-refractivity contribution in [2.45, 2.75) is 25.8 Å². The molecule has 2 heterocycles. The number of benzene rings is 1. The second-order valence-corrected chi connectivity index (χ2v) is 5.32. The lowest BCUT2D eigenvalue weighted by atomic mass is 9.94. The average Bonchev–Trinajstić information content (AvgIpc) is 2.79. The van der Waals surface area contributed by atoms with Gasteiger partial charge in [0.15, 0.2) is 0 Å². The average molecular weight is 272 g/mol. The molecular formula is C15H16N2O3. The Balaban J connectivity index is 1.97. The number of esters is 1. The lowest BCUT2D eigenvalue weighted by Crippen LogP contribution is -2.44. The molecule has 0 spiro atoms. The van der Waals surface area contributed by atoms with Crippen LogP contribution in [-0.4, -0.2) is 18.6 Å². The number of ether oxygens (including phenoxy) is 1. The Morgan fingerprint density at radius 2 is 1.90 bits per heavy atom. The van der Waals surface area contributed by atoms with E-state index in [9.17, 15) is 9.59 Å². The van der Waals surface area contributed by atoms with Gasteiger partial charge in [0.25, 0.3) is 0 Å². The molecule has 0 saturated carbocycles. The van der Waals surface area contributed by atoms with Crippen LogP contribution in [0.4, 0.5) is 4.79 Å². The van der Waals surface area contributed by atoms with Crippen LogP contribution in [0, 0.1) is 0 Å². The number of amides is 2. The number of hydrogen-bond donors (Lipinski definition) is 2. The van der Waals surface area contributed by atoms with Gasteiger partial charge in [0.1, 0.15) is 6.61 Å². The van der Waals surface area contributed by atoms with Gasteiger partial charge < -0.3 is 15.4 Å². The molecule has 5 heteroatoms. The Labute approximate surface area is 117 Å². The summed E-state index contributed by atoms with van der Waals surface area (Å²) >= 11 is 0. The van der Waals surface area contributed by atoms with Crippen LogP contribution in [-0.2, 0) is 9.53 Å². The first kappa shape index (κ1) is 12.7. The summed E-state index contributed by atoms with van der Waals surface area (Å²) in [5.41, 5.74) is 3.17. The summed E-state index contributed by atoms with van der Waals surface area (Å²) in [6.07, 6.45) is 0. The van der Waals surface area contributed by atoms with Crippen LogP contribution >= 0.6 is 0 Å². The SMILES string of the molecule is CC(C)c1ccc([C@@H]2NC(=O)NC3=C2C(=O)OC3)cc1. The number of cyclic esters (lactones) is 1. The molecule has 1 atom stereocenters. The molecule has 0 aromatic heterocycles. The van der Waals surface area contributed by atoms with E-state index in [4.69, 9.17) is 4.74 Å². The van der Waals surface area contributed by atoms with Gasteiger partial charge in [0.05, 0.1) is 17.3 Å². The second-order valence-electron chi connectivity index (χ2n) is 5.32. The van der Waals surface area contributed by atoms with Crippen LogP contribution < -0.4 is 10.6 Å². The quantitative estimate of drug-likeness (QED) is 0.809. The minimum absolute atomic E-state index is 0.141. The number of carbonyl (C=O) groups is 2. The molecule has 0 radical (unpaired) electrons. The minimum atomic E-state index is -0.435. The van der Waals surface area contributed by atoms with Gasteiger partial charge in [-0.25, -0.2) is 9.59 Å². The highest BCUT2D eigenvalue weighted by molar-refractivity contribution is 5.97. The van der Waals surface area contributed by atoms with E-state index in [-0.39, 0.29) is 18.6 Å². The molecule has 0 fully saturated rings. The molecule has 3 rings (SSSR count). The van der Waals surface area contributed by atoms with E-state index in [1.807, 2.05) is 24.3 Å². The first-order valence-electron chi connectivity index (χ1n) is 6.64. The van der Waals surface area contributed by atoms with Gasteiger partial charge in [0, 0.05) is 0 Å². The van der Waals surface area contributed by atoms with Crippen LogP contribution in [0.25, 0.3) is 0 Å². The van der Waals surface area contributed by atoms with Crippen molar-refractivity contribution in [1.29, 1.82) is 0 Å². The molecule has 2 aliphatic rings. The van der Waals surface area contributed by atoms with E-state index in [1.165, 1.54) is 5.56 Å². The molecule has 0 bridgehead atoms. The minimum Gasteiger partial charge on any atom is -0.456 e. The predicted octanol–water partition coefficient (Wildman–Crippen LogP) is 1.97. The fraction of sp³-hybridized carbons (Fsp3) is 0.333. The smallest absolute Gasteiger partial charge is 0.338 e. The van der Waals surface area contributed by atoms with E-state index in [1.54, 1.807) is 0 Å². The molecular weight excluding hydrogens is 256 g/mol. The topological polar surface area (TPSA) is 67.4 Å². The van der Waals surface area contributed by atoms with Crippen molar-refractivity contribution in [2.24, 2.45) is 0 Å². The molecule has 0 aliphatic carbocycles. The van der Waals surface area contributed by atoms with Crippen molar-refractivity contribution in [2.75, 3.05) is 6.61 Å². The van der Waals surface area contributed by atoms with Gasteiger partial charge in [-0.05, 0) is 17.0 Å². The molecule has 1 aromatic rings. The molecule has 2 amide bonds. The molecule has 0 saturated heterocycles. The third kappa shape index (κ3) is 2.05. The number of nitrogens with one attached hydrogen (secondary N) is 2. The van der Waals surface area contributed by atoms with E-state index in [2.05, 4.69) is 24.5 Å². The second kappa shape index (κ2) is 4.67. The lowest BCUT2D eigenvalue weighted by Gasteiger charge is -2.24. The van der Waals surface area contributed by atoms with Crippen LogP contribution in [0.5, 0.6) is 0 Å². The van der Waals surface area contributed by atoms with E-state index in [0.29, 0.717) is 17.2 Å². The third-order valence-electron chi connectivity index (χ3n) is 3.66. The van der Waals surface area contributed by atoms with E-state index in [0.717, 1.165) is 5.56 Å². The van der Waals surface area contributed by atoms with Gasteiger partial charge >= 0.3 is 12.0 Å². The highest BCUT2D eigenvalue weighted by atomic mass is 16.5. The summed E-state index contributed by atoms with van der Waals surface area (Å²) < 4.78 is 4.99. The number of urea groups is 1. The number of carbonyl (C=O) groups excluding carboxylic acids is 2. The molecule has 20 heavy (non-hydrogen) atoms. The highest BCUT2D eigenvalue weighted by Crippen LogP contribution is 2.31. The normalized spacial score (nSPS) is 21.4. The highest BCUT2D eigenvalue weighted by Gasteiger charge is 2.37. The predicted molar refractivity (Wildman–Crippen MR) is 72.9 cm³/mol. The summed E-state index contributed by atoms with van der Waals surface area (Å²) in [6.45, 7) is 4.38. The Kier molecular flexibility index (Phi) is 2.97. The Hall–Kier alpha value is -2.30. The summed E-state index contributed by atoms with van der Waals surface area (Å²) in [4.78, 5) is 23.5. The molecule has 2 aliphatic heterocycles. The van der Waals surface area contributed by atoms with Crippen LogP contribution in [0.3, 0.4) is 0 Å². The van der Waals surface area contributed by atoms with Crippen molar-refractivity contribution in [3.63, 3.8) is 0 Å². The van der Waals surface area contributed by atoms with Crippen molar-refractivity contribution < 1.29 is 14.3 Å². The Morgan fingerprint density at radius 3 is 2.55 bits per heavy atom. The number of hydrogen-bond acceptors (Lipinski definition) is 3. The van der Waals surface area contributed by atoms with Gasteiger partial charge in [-0.1, -0.05) is 38.1 Å². The van der Waals surface area contributed by atoms with Crippen LogP contribution in [0.2, 0.25) is 0 Å². The van der Waals surface area contributed by atoms with Gasteiger partial charge in [-0.3, -0.25) is 0 Å². The zero-order valence-corrected chi connectivity index (χ0v) is 11.4. The maximum atomic E-state index is 11.8.